The molecule has 2 aromatic heterocycles. The molecule has 3 N–H and O–H groups in total. The van der Waals surface area contributed by atoms with Gasteiger partial charge < -0.3 is 15.2 Å². The Morgan fingerprint density at radius 2 is 2.40 bits per heavy atom. The quantitative estimate of drug-likeness (QED) is 0.533. The smallest absolute Gasteiger partial charge is 0.280 e. The van der Waals surface area contributed by atoms with Crippen LogP contribution >= 0.6 is 0 Å². The van der Waals surface area contributed by atoms with Gasteiger partial charge in [0, 0.05) is 0 Å². The number of aliphatic hydroxyl groups is 2. The summed E-state index contributed by atoms with van der Waals surface area (Å²) in [6, 6.07) is 0. The Balaban J connectivity index is 2.45. The van der Waals surface area contributed by atoms with Crippen LogP contribution in [0, 0.1) is 0 Å². The van der Waals surface area contributed by atoms with Crippen molar-refractivity contribution in [2.75, 3.05) is 6.61 Å². The number of nitrogens with zero attached hydrogens (tertiary/aromatic N) is 4. The molecule has 1 atom stereocenters. The molecule has 0 aliphatic heterocycles. The number of fused-ring (bicyclic) bond motifs is 1. The highest BCUT2D eigenvalue weighted by molar-refractivity contribution is 5.67. The summed E-state index contributed by atoms with van der Waals surface area (Å²) in [6.45, 7) is -0.339. The fourth-order valence-corrected chi connectivity index (χ4v) is 1.18. The highest BCUT2D eigenvalue weighted by Gasteiger charge is 2.11. The predicted octanol–water partition coefficient (Wildman–Crippen LogP) is -2.13. The van der Waals surface area contributed by atoms with Crippen LogP contribution in [0.3, 0.4) is 0 Å². The van der Waals surface area contributed by atoms with E-state index in [1.807, 2.05) is 0 Å². The van der Waals surface area contributed by atoms with Crippen molar-refractivity contribution in [1.29, 1.82) is 0 Å². The first kappa shape index (κ1) is 9.74. The van der Waals surface area contributed by atoms with Crippen LogP contribution in [0.25, 0.3) is 11.2 Å². The van der Waals surface area contributed by atoms with Crippen molar-refractivity contribution in [2.24, 2.45) is 0 Å². The summed E-state index contributed by atoms with van der Waals surface area (Å²) < 4.78 is 1.27. The van der Waals surface area contributed by atoms with E-state index in [9.17, 15) is 9.90 Å². The van der Waals surface area contributed by atoms with Gasteiger partial charge in [-0.2, -0.15) is 0 Å². The first-order valence-corrected chi connectivity index (χ1v) is 4.28. The molecule has 0 radical (unpaired) electrons. The maximum atomic E-state index is 11.2. The molecule has 8 nitrogen and oxygen atoms in total. The average Bonchev–Trinajstić information content (AvgIpc) is 2.63. The van der Waals surface area contributed by atoms with Gasteiger partial charge in [-0.05, 0) is 0 Å². The topological polar surface area (TPSA) is 117 Å². The molecular weight excluding hydrogens is 202 g/mol. The lowest BCUT2D eigenvalue weighted by molar-refractivity contribution is 0.0787. The van der Waals surface area contributed by atoms with Crippen LogP contribution in [-0.4, -0.2) is 47.9 Å². The predicted molar refractivity (Wildman–Crippen MR) is 49.0 cm³/mol. The Kier molecular flexibility index (Phi) is 2.44. The van der Waals surface area contributed by atoms with Gasteiger partial charge in [0.05, 0.1) is 25.6 Å². The number of hydrogen-bond acceptors (Lipinski definition) is 6. The Bertz CT molecular complexity index is 519. The molecule has 0 saturated carbocycles. The lowest BCUT2D eigenvalue weighted by Gasteiger charge is -2.05. The van der Waals surface area contributed by atoms with Gasteiger partial charge in [0.2, 0.25) is 0 Å². The second-order valence-electron chi connectivity index (χ2n) is 3.01. The van der Waals surface area contributed by atoms with E-state index in [1.165, 1.54) is 11.0 Å². The lowest BCUT2D eigenvalue weighted by atomic mass is 10.4. The zero-order chi connectivity index (χ0) is 10.8. The molecule has 8 heteroatoms. The fraction of sp³-hybridized carbons (Fsp3) is 0.429. The van der Waals surface area contributed by atoms with E-state index >= 15 is 0 Å². The normalized spacial score (nSPS) is 13.2. The van der Waals surface area contributed by atoms with Crippen molar-refractivity contribution < 1.29 is 10.2 Å². The van der Waals surface area contributed by atoms with Crippen LogP contribution < -0.4 is 5.56 Å². The number of nitrogens with one attached hydrogen (secondary N) is 1. The van der Waals surface area contributed by atoms with Crippen LogP contribution in [0.5, 0.6) is 0 Å². The molecule has 0 aliphatic rings. The molecule has 0 bridgehead atoms. The summed E-state index contributed by atoms with van der Waals surface area (Å²) in [5.41, 5.74) is 0.0126. The number of hydrogen-bond donors (Lipinski definition) is 3. The lowest BCUT2D eigenvalue weighted by Crippen LogP contribution is -2.21. The molecule has 0 amide bonds. The van der Waals surface area contributed by atoms with E-state index in [0.717, 1.165) is 0 Å². The second kappa shape index (κ2) is 3.75. The number of aromatic nitrogens is 5. The molecular formula is C7H9N5O3. The third-order valence-electron chi connectivity index (χ3n) is 1.90. The summed E-state index contributed by atoms with van der Waals surface area (Å²) in [5.74, 6) is 0. The molecule has 0 spiro atoms. The van der Waals surface area contributed by atoms with Crippen LogP contribution in [0.2, 0.25) is 0 Å². The minimum absolute atomic E-state index is 0.0451. The zero-order valence-electron chi connectivity index (χ0n) is 7.66. The molecule has 2 rings (SSSR count). The van der Waals surface area contributed by atoms with E-state index in [1.54, 1.807) is 0 Å². The van der Waals surface area contributed by atoms with Gasteiger partial charge in [0.1, 0.15) is 0 Å². The Morgan fingerprint density at radius 3 is 3.13 bits per heavy atom. The summed E-state index contributed by atoms with van der Waals surface area (Å²) in [6.07, 6.45) is 0.284. The SMILES string of the molecule is O=c1[nH]cnc2c1nnn2C[C@@H](O)CO. The summed E-state index contributed by atoms with van der Waals surface area (Å²) >= 11 is 0. The van der Waals surface area contributed by atoms with E-state index in [-0.39, 0.29) is 29.9 Å². The molecule has 0 aromatic carbocycles. The van der Waals surface area contributed by atoms with Crippen molar-refractivity contribution in [3.8, 4) is 0 Å². The number of rotatable bonds is 3. The maximum Gasteiger partial charge on any atom is 0.280 e. The van der Waals surface area contributed by atoms with Gasteiger partial charge in [-0.25, -0.2) is 9.67 Å². The summed E-state index contributed by atoms with van der Waals surface area (Å²) in [5, 5.41) is 25.1. The molecule has 0 aliphatic carbocycles. The molecule has 2 heterocycles. The van der Waals surface area contributed by atoms with Crippen LogP contribution in [0.1, 0.15) is 0 Å². The second-order valence-corrected chi connectivity index (χ2v) is 3.01. The average molecular weight is 211 g/mol. The van der Waals surface area contributed by atoms with Gasteiger partial charge in [0.15, 0.2) is 11.2 Å². The Hall–Kier alpha value is -1.80. The number of aliphatic hydroxyl groups excluding tert-OH is 2. The minimum Gasteiger partial charge on any atom is -0.394 e. The van der Waals surface area contributed by atoms with Crippen molar-refractivity contribution in [3.63, 3.8) is 0 Å². The van der Waals surface area contributed by atoms with Gasteiger partial charge >= 0.3 is 0 Å². The summed E-state index contributed by atoms with van der Waals surface area (Å²) in [7, 11) is 0. The largest absolute Gasteiger partial charge is 0.394 e. The zero-order valence-corrected chi connectivity index (χ0v) is 7.66. The maximum absolute atomic E-state index is 11.2. The van der Waals surface area contributed by atoms with Crippen LogP contribution in [0.15, 0.2) is 11.1 Å². The molecule has 0 unspecified atom stereocenters. The molecule has 80 valence electrons. The third kappa shape index (κ3) is 1.72. The highest BCUT2D eigenvalue weighted by Crippen LogP contribution is 2.01. The number of aromatic amines is 1. The molecule has 2 aromatic rings. The van der Waals surface area contributed by atoms with Crippen molar-refractivity contribution in [3.05, 3.63) is 16.7 Å². The highest BCUT2D eigenvalue weighted by atomic mass is 16.3. The van der Waals surface area contributed by atoms with Gasteiger partial charge in [-0.1, -0.05) is 5.21 Å². The third-order valence-corrected chi connectivity index (χ3v) is 1.90. The Morgan fingerprint density at radius 1 is 1.60 bits per heavy atom. The van der Waals surface area contributed by atoms with Gasteiger partial charge in [-0.15, -0.1) is 5.10 Å². The molecule has 0 fully saturated rings. The van der Waals surface area contributed by atoms with Gasteiger partial charge in [-0.3, -0.25) is 4.79 Å². The van der Waals surface area contributed by atoms with Crippen molar-refractivity contribution in [2.45, 2.75) is 12.6 Å². The number of H-pyrrole nitrogens is 1. The molecule has 15 heavy (non-hydrogen) atoms. The van der Waals surface area contributed by atoms with E-state index in [4.69, 9.17) is 5.11 Å². The fourth-order valence-electron chi connectivity index (χ4n) is 1.18. The van der Waals surface area contributed by atoms with Crippen LogP contribution in [0.4, 0.5) is 0 Å². The molecule has 0 saturated heterocycles. The standard InChI is InChI=1S/C7H9N5O3/c13-2-4(14)1-12-6-5(10-11-12)7(15)9-3-8-6/h3-4,13-14H,1-2H2,(H,8,9,15)/t4-/m1/s1. The Labute approximate surface area is 83.2 Å². The summed E-state index contributed by atoms with van der Waals surface area (Å²) in [4.78, 5) is 17.5. The first-order chi connectivity index (χ1) is 7.22. The first-order valence-electron chi connectivity index (χ1n) is 4.28. The monoisotopic (exact) mass is 211 g/mol. The van der Waals surface area contributed by atoms with E-state index < -0.39 is 6.10 Å². The van der Waals surface area contributed by atoms with Crippen molar-refractivity contribution >= 4 is 11.2 Å². The van der Waals surface area contributed by atoms with E-state index in [2.05, 4.69) is 20.3 Å². The van der Waals surface area contributed by atoms with Crippen molar-refractivity contribution in [1.82, 2.24) is 25.0 Å². The minimum atomic E-state index is -0.948. The van der Waals surface area contributed by atoms with Gasteiger partial charge in [0.25, 0.3) is 5.56 Å². The van der Waals surface area contributed by atoms with Crippen LogP contribution in [-0.2, 0) is 6.54 Å². The van der Waals surface area contributed by atoms with E-state index in [0.29, 0.717) is 0 Å².